The smallest absolute Gasteiger partial charge is 0.346 e. The third kappa shape index (κ3) is 4.49. The average Bonchev–Trinajstić information content (AvgIpc) is 3.48. The van der Waals surface area contributed by atoms with Crippen LogP contribution in [0, 0.1) is 34.5 Å². The maximum absolute atomic E-state index is 13.5. The van der Waals surface area contributed by atoms with Gasteiger partial charge in [0.2, 0.25) is 0 Å². The summed E-state index contributed by atoms with van der Waals surface area (Å²) >= 11 is 0. The van der Waals surface area contributed by atoms with Crippen molar-refractivity contribution in [3.63, 3.8) is 0 Å². The first-order valence-electron chi connectivity index (χ1n) is 13.2. The van der Waals surface area contributed by atoms with Crippen LogP contribution in [0.1, 0.15) is 86.0 Å². The van der Waals surface area contributed by atoms with E-state index in [1.54, 1.807) is 18.2 Å². The monoisotopic (exact) mass is 519 g/mol. The number of aliphatic hydroxyl groups is 1. The zero-order valence-electron chi connectivity index (χ0n) is 22.2. The number of carbonyl (C=O) groups excluding carboxylic acids is 2. The Bertz CT molecular complexity index is 1330. The van der Waals surface area contributed by atoms with E-state index >= 15 is 0 Å². The van der Waals surface area contributed by atoms with E-state index in [-0.39, 0.29) is 58.5 Å². The van der Waals surface area contributed by atoms with E-state index < -0.39 is 17.5 Å². The number of carbonyl (C=O) groups is 2. The molecule has 2 saturated carbocycles. The van der Waals surface area contributed by atoms with Crippen LogP contribution in [0.15, 0.2) is 24.3 Å². The van der Waals surface area contributed by atoms with Crippen molar-refractivity contribution in [1.82, 2.24) is 0 Å². The molecule has 0 amide bonds. The van der Waals surface area contributed by atoms with Gasteiger partial charge in [0.1, 0.15) is 23.7 Å². The summed E-state index contributed by atoms with van der Waals surface area (Å²) in [6, 6.07) is 8.36. The van der Waals surface area contributed by atoms with Crippen molar-refractivity contribution in [1.29, 1.82) is 5.26 Å². The molecule has 8 heteroatoms. The Kier molecular flexibility index (Phi) is 6.83. The molecule has 2 fully saturated rings. The van der Waals surface area contributed by atoms with Crippen molar-refractivity contribution in [3.8, 4) is 29.1 Å². The molecule has 0 radical (unpaired) electrons. The van der Waals surface area contributed by atoms with Gasteiger partial charge in [-0.05, 0) is 68.6 Å². The molecule has 4 atom stereocenters. The zero-order chi connectivity index (χ0) is 27.2. The number of hydrogen-bond acceptors (Lipinski definition) is 8. The zero-order valence-corrected chi connectivity index (χ0v) is 22.2. The summed E-state index contributed by atoms with van der Waals surface area (Å²) in [5.74, 6) is 0.645. The van der Waals surface area contributed by atoms with Gasteiger partial charge in [0.25, 0.3) is 0 Å². The predicted molar refractivity (Wildman–Crippen MR) is 137 cm³/mol. The second kappa shape index (κ2) is 9.95. The first-order valence-corrected chi connectivity index (χ1v) is 13.2. The van der Waals surface area contributed by atoms with Gasteiger partial charge >= 0.3 is 11.9 Å². The van der Waals surface area contributed by atoms with Gasteiger partial charge in [-0.1, -0.05) is 20.3 Å². The molecule has 1 N–H and O–H groups in total. The molecule has 0 spiro atoms. The quantitative estimate of drug-likeness (QED) is 0.374. The summed E-state index contributed by atoms with van der Waals surface area (Å²) < 4.78 is 23.4. The van der Waals surface area contributed by atoms with E-state index in [1.165, 1.54) is 13.2 Å². The minimum Gasteiger partial charge on any atom is -0.495 e. The molecule has 200 valence electrons. The van der Waals surface area contributed by atoms with E-state index in [1.807, 2.05) is 20.8 Å². The van der Waals surface area contributed by atoms with E-state index in [2.05, 4.69) is 6.07 Å². The molecular formula is C30H33NO7. The minimum atomic E-state index is -0.849. The number of nitriles is 1. The van der Waals surface area contributed by atoms with Crippen LogP contribution in [0.4, 0.5) is 0 Å². The highest BCUT2D eigenvalue weighted by molar-refractivity contribution is 5.97. The normalized spacial score (nSPS) is 24.3. The standard InChI is InChI=1S/C30H33NO7/c1-16(2)9-22(32)21-7-8-23-25(27(21)35-4)28(33)36-15-19-10-18(14-31)12-24(26(19)37-23)38-29(34)30(3)13-17-5-6-20(30)11-17/h7-8,10,12,16-17,20,22,32H,5-6,9,11,13,15H2,1-4H3. The maximum Gasteiger partial charge on any atom is 0.346 e. The molecule has 2 aromatic rings. The van der Waals surface area contributed by atoms with Crippen LogP contribution in [0.2, 0.25) is 0 Å². The van der Waals surface area contributed by atoms with Crippen molar-refractivity contribution in [3.05, 3.63) is 46.5 Å². The van der Waals surface area contributed by atoms with Gasteiger partial charge in [0, 0.05) is 17.2 Å². The Morgan fingerprint density at radius 1 is 1.29 bits per heavy atom. The van der Waals surface area contributed by atoms with E-state index in [9.17, 15) is 20.0 Å². The summed E-state index contributed by atoms with van der Waals surface area (Å²) in [4.78, 5) is 26.6. The summed E-state index contributed by atoms with van der Waals surface area (Å²) in [6.07, 6.45) is 3.61. The van der Waals surface area contributed by atoms with Gasteiger partial charge in [-0.25, -0.2) is 4.79 Å². The average molecular weight is 520 g/mol. The number of cyclic esters (lactones) is 1. The topological polar surface area (TPSA) is 115 Å². The highest BCUT2D eigenvalue weighted by Crippen LogP contribution is 2.56. The van der Waals surface area contributed by atoms with Crippen LogP contribution in [-0.2, 0) is 16.1 Å². The molecule has 1 aliphatic heterocycles. The van der Waals surface area contributed by atoms with Gasteiger partial charge in [0.15, 0.2) is 11.5 Å². The van der Waals surface area contributed by atoms with Crippen molar-refractivity contribution in [2.45, 2.75) is 65.6 Å². The number of benzene rings is 2. The van der Waals surface area contributed by atoms with E-state index in [4.69, 9.17) is 18.9 Å². The van der Waals surface area contributed by atoms with Crippen LogP contribution >= 0.6 is 0 Å². The number of aliphatic hydroxyl groups excluding tert-OH is 1. The van der Waals surface area contributed by atoms with Crippen LogP contribution in [0.5, 0.6) is 23.0 Å². The molecule has 4 unspecified atom stereocenters. The Balaban J connectivity index is 1.55. The second-order valence-electron chi connectivity index (χ2n) is 11.3. The lowest BCUT2D eigenvalue weighted by Crippen LogP contribution is -2.37. The van der Waals surface area contributed by atoms with E-state index in [0.29, 0.717) is 23.5 Å². The van der Waals surface area contributed by atoms with Crippen LogP contribution in [0.3, 0.4) is 0 Å². The van der Waals surface area contributed by atoms with Crippen LogP contribution in [-0.4, -0.2) is 24.2 Å². The van der Waals surface area contributed by atoms with Crippen LogP contribution < -0.4 is 14.2 Å². The van der Waals surface area contributed by atoms with E-state index in [0.717, 1.165) is 25.7 Å². The molecule has 38 heavy (non-hydrogen) atoms. The molecule has 2 aromatic carbocycles. The summed E-state index contributed by atoms with van der Waals surface area (Å²) in [5, 5.41) is 20.4. The first kappa shape index (κ1) is 26.1. The van der Waals surface area contributed by atoms with Crippen molar-refractivity contribution in [2.75, 3.05) is 7.11 Å². The molecule has 1 heterocycles. The number of esters is 2. The highest BCUT2D eigenvalue weighted by atomic mass is 16.6. The molecule has 5 rings (SSSR count). The first-order chi connectivity index (χ1) is 18.1. The highest BCUT2D eigenvalue weighted by Gasteiger charge is 2.53. The van der Waals surface area contributed by atoms with Crippen molar-refractivity contribution in [2.24, 2.45) is 23.2 Å². The molecule has 0 saturated heterocycles. The Hall–Kier alpha value is -3.57. The van der Waals surface area contributed by atoms with Crippen molar-refractivity contribution < 1.29 is 33.6 Å². The summed E-state index contributed by atoms with van der Waals surface area (Å²) in [6.45, 7) is 5.75. The fraction of sp³-hybridized carbons (Fsp3) is 0.500. The van der Waals surface area contributed by atoms with Gasteiger partial charge in [0.05, 0.1) is 30.3 Å². The Morgan fingerprint density at radius 3 is 2.71 bits per heavy atom. The molecule has 0 aromatic heterocycles. The predicted octanol–water partition coefficient (Wildman–Crippen LogP) is 5.84. The van der Waals surface area contributed by atoms with Gasteiger partial charge in [-0.2, -0.15) is 5.26 Å². The van der Waals surface area contributed by atoms with Gasteiger partial charge in [-0.15, -0.1) is 0 Å². The number of ether oxygens (including phenoxy) is 4. The fourth-order valence-corrected chi connectivity index (χ4v) is 6.34. The van der Waals surface area contributed by atoms with Gasteiger partial charge in [-0.3, -0.25) is 4.79 Å². The third-order valence-corrected chi connectivity index (χ3v) is 8.27. The van der Waals surface area contributed by atoms with Crippen molar-refractivity contribution >= 4 is 11.9 Å². The number of nitrogens with zero attached hydrogens (tertiary/aromatic N) is 1. The second-order valence-corrected chi connectivity index (χ2v) is 11.3. The molecule has 2 aliphatic carbocycles. The number of hydrogen-bond donors (Lipinski definition) is 1. The molecule has 8 nitrogen and oxygen atoms in total. The number of fused-ring (bicyclic) bond motifs is 4. The number of rotatable bonds is 6. The minimum absolute atomic E-state index is 0.0418. The molecular weight excluding hydrogens is 486 g/mol. The Labute approximate surface area is 222 Å². The maximum atomic E-state index is 13.5. The lowest BCUT2D eigenvalue weighted by molar-refractivity contribution is -0.148. The third-order valence-electron chi connectivity index (χ3n) is 8.27. The lowest BCUT2D eigenvalue weighted by atomic mass is 9.75. The largest absolute Gasteiger partial charge is 0.495 e. The molecule has 3 aliphatic rings. The van der Waals surface area contributed by atoms with Gasteiger partial charge < -0.3 is 24.1 Å². The SMILES string of the molecule is COc1c(C(O)CC(C)C)ccc2c1C(=O)OCc1cc(C#N)cc(OC(=O)C3(C)CC4CCC3C4)c1O2. The molecule has 2 bridgehead atoms. The fourth-order valence-electron chi connectivity index (χ4n) is 6.34. The number of methoxy groups -OCH3 is 1. The summed E-state index contributed by atoms with van der Waals surface area (Å²) in [5.41, 5.74) is 0.577. The lowest BCUT2D eigenvalue weighted by Gasteiger charge is -2.31. The summed E-state index contributed by atoms with van der Waals surface area (Å²) in [7, 11) is 1.42. The van der Waals surface area contributed by atoms with Crippen LogP contribution in [0.25, 0.3) is 0 Å². The Morgan fingerprint density at radius 2 is 2.08 bits per heavy atom.